The Kier molecular flexibility index (Phi) is 3.75. The van der Waals surface area contributed by atoms with Gasteiger partial charge in [0.1, 0.15) is 5.82 Å². The van der Waals surface area contributed by atoms with Crippen molar-refractivity contribution in [3.8, 4) is 0 Å². The van der Waals surface area contributed by atoms with Crippen molar-refractivity contribution in [1.82, 2.24) is 9.36 Å². The molecule has 0 spiro atoms. The van der Waals surface area contributed by atoms with Gasteiger partial charge >= 0.3 is 0 Å². The molecule has 0 radical (unpaired) electrons. The van der Waals surface area contributed by atoms with Gasteiger partial charge in [-0.25, -0.2) is 4.98 Å². The van der Waals surface area contributed by atoms with Gasteiger partial charge in [0.15, 0.2) is 0 Å². The summed E-state index contributed by atoms with van der Waals surface area (Å²) in [6.45, 7) is 1.49. The lowest BCUT2D eigenvalue weighted by atomic mass is 10.2. The molecule has 1 fully saturated rings. The zero-order chi connectivity index (χ0) is 13.1. The molecule has 0 atom stereocenters. The van der Waals surface area contributed by atoms with E-state index in [0.717, 1.165) is 17.5 Å². The SMILES string of the molecule is OCCN(Cc1ccccc1)c1nc(C2CC2)ns1. The van der Waals surface area contributed by atoms with Crippen LogP contribution in [0.5, 0.6) is 0 Å². The fourth-order valence-electron chi connectivity index (χ4n) is 2.03. The van der Waals surface area contributed by atoms with E-state index in [0.29, 0.717) is 12.5 Å². The van der Waals surface area contributed by atoms with E-state index in [9.17, 15) is 5.11 Å². The van der Waals surface area contributed by atoms with E-state index in [1.54, 1.807) is 0 Å². The maximum Gasteiger partial charge on any atom is 0.205 e. The molecule has 1 aliphatic carbocycles. The van der Waals surface area contributed by atoms with Gasteiger partial charge in [-0.15, -0.1) is 0 Å². The Hall–Kier alpha value is -1.46. The molecular formula is C14H17N3OS. The molecule has 19 heavy (non-hydrogen) atoms. The quantitative estimate of drug-likeness (QED) is 0.879. The third kappa shape index (κ3) is 3.11. The zero-order valence-corrected chi connectivity index (χ0v) is 11.5. The van der Waals surface area contributed by atoms with Crippen molar-refractivity contribution in [1.29, 1.82) is 0 Å². The number of aromatic nitrogens is 2. The molecule has 0 saturated heterocycles. The van der Waals surface area contributed by atoms with Gasteiger partial charge in [-0.1, -0.05) is 30.3 Å². The number of aliphatic hydroxyl groups is 1. The Bertz CT molecular complexity index is 524. The van der Waals surface area contributed by atoms with Crippen LogP contribution in [0.15, 0.2) is 30.3 Å². The summed E-state index contributed by atoms with van der Waals surface area (Å²) in [6, 6.07) is 10.3. The summed E-state index contributed by atoms with van der Waals surface area (Å²) < 4.78 is 4.43. The highest BCUT2D eigenvalue weighted by Crippen LogP contribution is 2.39. The zero-order valence-electron chi connectivity index (χ0n) is 10.7. The third-order valence-electron chi connectivity index (χ3n) is 3.23. The lowest BCUT2D eigenvalue weighted by Gasteiger charge is -2.20. The molecule has 1 saturated carbocycles. The first-order chi connectivity index (χ1) is 9.36. The molecule has 1 heterocycles. The molecule has 1 aromatic carbocycles. The normalized spacial score (nSPS) is 14.6. The highest BCUT2D eigenvalue weighted by atomic mass is 32.1. The van der Waals surface area contributed by atoms with Crippen molar-refractivity contribution in [3.63, 3.8) is 0 Å². The third-order valence-corrected chi connectivity index (χ3v) is 4.02. The second-order valence-electron chi connectivity index (χ2n) is 4.84. The Morgan fingerprint density at radius 3 is 2.74 bits per heavy atom. The first kappa shape index (κ1) is 12.6. The summed E-state index contributed by atoms with van der Waals surface area (Å²) in [6.07, 6.45) is 2.43. The highest BCUT2D eigenvalue weighted by molar-refractivity contribution is 7.09. The largest absolute Gasteiger partial charge is 0.395 e. The van der Waals surface area contributed by atoms with Crippen LogP contribution in [-0.4, -0.2) is 27.6 Å². The van der Waals surface area contributed by atoms with Gasteiger partial charge in [-0.3, -0.25) is 0 Å². The maximum absolute atomic E-state index is 9.22. The molecule has 3 rings (SSSR count). The molecule has 1 aromatic heterocycles. The van der Waals surface area contributed by atoms with Crippen molar-refractivity contribution >= 4 is 16.7 Å². The molecule has 1 N–H and O–H groups in total. The van der Waals surface area contributed by atoms with E-state index in [1.807, 2.05) is 18.2 Å². The predicted molar refractivity (Wildman–Crippen MR) is 76.5 cm³/mol. The van der Waals surface area contributed by atoms with Gasteiger partial charge in [-0.2, -0.15) is 4.37 Å². The van der Waals surface area contributed by atoms with E-state index in [2.05, 4.69) is 26.4 Å². The van der Waals surface area contributed by atoms with Crippen LogP contribution in [0.1, 0.15) is 30.1 Å². The average Bonchev–Trinajstić information content (AvgIpc) is 3.17. The minimum absolute atomic E-state index is 0.130. The minimum Gasteiger partial charge on any atom is -0.395 e. The van der Waals surface area contributed by atoms with Crippen molar-refractivity contribution in [2.45, 2.75) is 25.3 Å². The predicted octanol–water partition coefficient (Wildman–Crippen LogP) is 2.41. The molecule has 4 nitrogen and oxygen atoms in total. The summed E-state index contributed by atoms with van der Waals surface area (Å²) in [5.41, 5.74) is 1.22. The number of hydrogen-bond acceptors (Lipinski definition) is 5. The smallest absolute Gasteiger partial charge is 0.205 e. The topological polar surface area (TPSA) is 49.2 Å². The molecule has 2 aromatic rings. The van der Waals surface area contributed by atoms with Crippen LogP contribution >= 0.6 is 11.5 Å². The van der Waals surface area contributed by atoms with Crippen molar-refractivity contribution in [2.75, 3.05) is 18.1 Å². The second-order valence-corrected chi connectivity index (χ2v) is 5.57. The van der Waals surface area contributed by atoms with Gasteiger partial charge < -0.3 is 10.0 Å². The Balaban J connectivity index is 1.75. The van der Waals surface area contributed by atoms with Gasteiger partial charge in [0.2, 0.25) is 5.13 Å². The molecule has 0 aliphatic heterocycles. The first-order valence-corrected chi connectivity index (χ1v) is 7.37. The average molecular weight is 275 g/mol. The summed E-state index contributed by atoms with van der Waals surface area (Å²) >= 11 is 1.44. The van der Waals surface area contributed by atoms with Gasteiger partial charge in [-0.05, 0) is 18.4 Å². The molecular weight excluding hydrogens is 258 g/mol. The minimum atomic E-state index is 0.130. The van der Waals surface area contributed by atoms with Gasteiger partial charge in [0.25, 0.3) is 0 Å². The summed E-state index contributed by atoms with van der Waals surface area (Å²) in [5, 5.41) is 10.1. The first-order valence-electron chi connectivity index (χ1n) is 6.60. The Morgan fingerprint density at radius 2 is 2.05 bits per heavy atom. The van der Waals surface area contributed by atoms with E-state index in [1.165, 1.54) is 29.9 Å². The van der Waals surface area contributed by atoms with Crippen LogP contribution < -0.4 is 4.90 Å². The van der Waals surface area contributed by atoms with Crippen molar-refractivity contribution in [2.24, 2.45) is 0 Å². The molecule has 1 aliphatic rings. The molecule has 5 heteroatoms. The van der Waals surface area contributed by atoms with Gasteiger partial charge in [0.05, 0.1) is 6.61 Å². The maximum atomic E-state index is 9.22. The number of rotatable bonds is 6. The van der Waals surface area contributed by atoms with Crippen molar-refractivity contribution in [3.05, 3.63) is 41.7 Å². The van der Waals surface area contributed by atoms with Crippen LogP contribution in [0, 0.1) is 0 Å². The van der Waals surface area contributed by atoms with Crippen LogP contribution in [0.25, 0.3) is 0 Å². The van der Waals surface area contributed by atoms with E-state index >= 15 is 0 Å². The summed E-state index contributed by atoms with van der Waals surface area (Å²) in [4.78, 5) is 6.71. The summed E-state index contributed by atoms with van der Waals surface area (Å²) in [5.74, 6) is 1.56. The van der Waals surface area contributed by atoms with E-state index < -0.39 is 0 Å². The lowest BCUT2D eigenvalue weighted by Crippen LogP contribution is -2.25. The van der Waals surface area contributed by atoms with Crippen molar-refractivity contribution < 1.29 is 5.11 Å². The van der Waals surface area contributed by atoms with Crippen LogP contribution in [0.2, 0.25) is 0 Å². The molecule has 0 amide bonds. The monoisotopic (exact) mass is 275 g/mol. The lowest BCUT2D eigenvalue weighted by molar-refractivity contribution is 0.301. The Labute approximate surface area is 116 Å². The van der Waals surface area contributed by atoms with E-state index in [-0.39, 0.29) is 6.61 Å². The number of nitrogens with zero attached hydrogens (tertiary/aromatic N) is 3. The highest BCUT2D eigenvalue weighted by Gasteiger charge is 2.28. The van der Waals surface area contributed by atoms with Crippen LogP contribution in [0.3, 0.4) is 0 Å². The second kappa shape index (κ2) is 5.67. The fraction of sp³-hybridized carbons (Fsp3) is 0.429. The fourth-order valence-corrected chi connectivity index (χ4v) is 2.80. The van der Waals surface area contributed by atoms with Crippen LogP contribution in [-0.2, 0) is 6.54 Å². The number of benzene rings is 1. The van der Waals surface area contributed by atoms with Gasteiger partial charge in [0, 0.05) is 30.5 Å². The standard InChI is InChI=1S/C14H17N3OS/c18-9-8-17(10-11-4-2-1-3-5-11)14-15-13(16-19-14)12-6-7-12/h1-5,12,18H,6-10H2. The molecule has 100 valence electrons. The molecule has 0 bridgehead atoms. The Morgan fingerprint density at radius 1 is 1.26 bits per heavy atom. The van der Waals surface area contributed by atoms with Crippen LogP contribution in [0.4, 0.5) is 5.13 Å². The number of anilines is 1. The van der Waals surface area contributed by atoms with E-state index in [4.69, 9.17) is 0 Å². The number of aliphatic hydroxyl groups excluding tert-OH is 1. The molecule has 0 unspecified atom stereocenters. The number of hydrogen-bond donors (Lipinski definition) is 1. The summed E-state index contributed by atoms with van der Waals surface area (Å²) in [7, 11) is 0.